The maximum absolute atomic E-state index is 6.08. The fourth-order valence-corrected chi connectivity index (χ4v) is 3.39. The summed E-state index contributed by atoms with van der Waals surface area (Å²) in [6.07, 6.45) is 4.93. The first-order valence-corrected chi connectivity index (χ1v) is 9.88. The van der Waals surface area contributed by atoms with Crippen molar-refractivity contribution in [3.05, 3.63) is 17.9 Å². The summed E-state index contributed by atoms with van der Waals surface area (Å²) < 4.78 is 6.08. The summed E-state index contributed by atoms with van der Waals surface area (Å²) in [5.74, 6) is 1.18. The second kappa shape index (κ2) is 5.43. The van der Waals surface area contributed by atoms with Crippen molar-refractivity contribution >= 4 is 13.5 Å². The average molecular weight is 252 g/mol. The summed E-state index contributed by atoms with van der Waals surface area (Å²) in [5.41, 5.74) is 0. The van der Waals surface area contributed by atoms with Crippen molar-refractivity contribution in [1.29, 1.82) is 0 Å². The Morgan fingerprint density at radius 3 is 2.29 bits per heavy atom. The van der Waals surface area contributed by atoms with E-state index in [-0.39, 0.29) is 0 Å². The van der Waals surface area contributed by atoms with Gasteiger partial charge in [-0.2, -0.15) is 0 Å². The van der Waals surface area contributed by atoms with Crippen LogP contribution in [-0.2, 0) is 6.42 Å². The number of hydrogen-bond donors (Lipinski definition) is 0. The van der Waals surface area contributed by atoms with Gasteiger partial charge in [0.2, 0.25) is 0 Å². The summed E-state index contributed by atoms with van der Waals surface area (Å²) in [6, 6.07) is 4.41. The molecule has 0 spiro atoms. The second-order valence-corrected chi connectivity index (χ2v) is 11.8. The standard InChI is InChI=1S/C15H28OSi/c1-7-8-9-10-13-11-12-14(16-13)17(5,6)15(2,3)4/h11-12H,7-10H2,1-6H3. The number of furan rings is 1. The van der Waals surface area contributed by atoms with E-state index in [1.165, 1.54) is 30.4 Å². The second-order valence-electron chi connectivity index (χ2n) is 6.60. The third-order valence-electron chi connectivity index (χ3n) is 4.18. The normalized spacial score (nSPS) is 13.1. The monoisotopic (exact) mass is 252 g/mol. The van der Waals surface area contributed by atoms with Crippen LogP contribution in [0.1, 0.15) is 52.7 Å². The smallest absolute Gasteiger partial charge is 0.131 e. The molecule has 1 aromatic heterocycles. The van der Waals surface area contributed by atoms with Gasteiger partial charge in [-0.3, -0.25) is 0 Å². The first-order valence-electron chi connectivity index (χ1n) is 6.88. The molecule has 0 atom stereocenters. The fraction of sp³-hybridized carbons (Fsp3) is 0.733. The van der Waals surface area contributed by atoms with Crippen LogP contribution in [0.3, 0.4) is 0 Å². The number of aryl methyl sites for hydroxylation is 1. The number of unbranched alkanes of at least 4 members (excludes halogenated alkanes) is 2. The maximum atomic E-state index is 6.08. The molecule has 17 heavy (non-hydrogen) atoms. The van der Waals surface area contributed by atoms with Crippen molar-refractivity contribution in [2.24, 2.45) is 0 Å². The molecular weight excluding hydrogens is 224 g/mol. The van der Waals surface area contributed by atoms with E-state index in [1.807, 2.05) is 0 Å². The van der Waals surface area contributed by atoms with Crippen LogP contribution < -0.4 is 5.38 Å². The van der Waals surface area contributed by atoms with E-state index in [9.17, 15) is 0 Å². The Morgan fingerprint density at radius 2 is 1.76 bits per heavy atom. The summed E-state index contributed by atoms with van der Waals surface area (Å²) in [6.45, 7) is 14.0. The Hall–Kier alpha value is -0.503. The van der Waals surface area contributed by atoms with Crippen LogP contribution >= 0.6 is 0 Å². The third-order valence-corrected chi connectivity index (χ3v) is 9.43. The molecule has 0 aliphatic heterocycles. The van der Waals surface area contributed by atoms with Gasteiger partial charge >= 0.3 is 0 Å². The molecule has 98 valence electrons. The molecule has 0 aliphatic rings. The predicted molar refractivity (Wildman–Crippen MR) is 78.8 cm³/mol. The molecule has 0 N–H and O–H groups in total. The molecule has 0 aromatic carbocycles. The van der Waals surface area contributed by atoms with Gasteiger partial charge in [-0.25, -0.2) is 0 Å². The van der Waals surface area contributed by atoms with Crippen LogP contribution in [0.4, 0.5) is 0 Å². The van der Waals surface area contributed by atoms with Crippen molar-refractivity contribution in [1.82, 2.24) is 0 Å². The average Bonchev–Trinajstić information content (AvgIpc) is 2.65. The van der Waals surface area contributed by atoms with E-state index >= 15 is 0 Å². The van der Waals surface area contributed by atoms with Crippen LogP contribution in [0.2, 0.25) is 18.1 Å². The lowest BCUT2D eigenvalue weighted by molar-refractivity contribution is 0.515. The molecule has 1 nitrogen and oxygen atoms in total. The minimum absolute atomic E-state index is 0.353. The largest absolute Gasteiger partial charge is 0.471 e. The van der Waals surface area contributed by atoms with Crippen molar-refractivity contribution in [2.75, 3.05) is 0 Å². The van der Waals surface area contributed by atoms with E-state index in [4.69, 9.17) is 4.42 Å². The van der Waals surface area contributed by atoms with E-state index in [2.05, 4.69) is 52.9 Å². The highest BCUT2D eigenvalue weighted by Crippen LogP contribution is 2.35. The van der Waals surface area contributed by atoms with Gasteiger partial charge in [-0.1, -0.05) is 53.6 Å². The fourth-order valence-electron chi connectivity index (χ4n) is 1.77. The summed E-state index contributed by atoms with van der Waals surface area (Å²) in [4.78, 5) is 0. The Kier molecular flexibility index (Phi) is 4.65. The topological polar surface area (TPSA) is 13.1 Å². The molecular formula is C15H28OSi. The maximum Gasteiger partial charge on any atom is 0.131 e. The quantitative estimate of drug-likeness (QED) is 0.545. The molecule has 2 heteroatoms. The molecule has 1 heterocycles. The zero-order valence-electron chi connectivity index (χ0n) is 12.4. The molecule has 0 saturated heterocycles. The van der Waals surface area contributed by atoms with Gasteiger partial charge in [0.1, 0.15) is 13.8 Å². The number of rotatable bonds is 5. The van der Waals surface area contributed by atoms with E-state index < -0.39 is 8.07 Å². The van der Waals surface area contributed by atoms with E-state index in [0.29, 0.717) is 5.04 Å². The molecule has 0 amide bonds. The zero-order chi connectivity index (χ0) is 13.1. The molecule has 0 unspecified atom stereocenters. The SMILES string of the molecule is CCCCCc1ccc([Si](C)(C)C(C)(C)C)o1. The van der Waals surface area contributed by atoms with Gasteiger partial charge in [0.05, 0.1) is 5.38 Å². The van der Waals surface area contributed by atoms with Crippen molar-refractivity contribution in [3.8, 4) is 0 Å². The van der Waals surface area contributed by atoms with Crippen molar-refractivity contribution in [3.63, 3.8) is 0 Å². The summed E-state index contributed by atoms with van der Waals surface area (Å²) >= 11 is 0. The lowest BCUT2D eigenvalue weighted by Crippen LogP contribution is -2.48. The first-order chi connectivity index (χ1) is 7.79. The van der Waals surface area contributed by atoms with Crippen molar-refractivity contribution < 1.29 is 4.42 Å². The lowest BCUT2D eigenvalue weighted by Gasteiger charge is -2.34. The van der Waals surface area contributed by atoms with Gasteiger partial charge in [-0.05, 0) is 23.6 Å². The Labute approximate surface area is 108 Å². The van der Waals surface area contributed by atoms with Crippen LogP contribution in [0.15, 0.2) is 16.5 Å². The minimum Gasteiger partial charge on any atom is -0.471 e. The van der Waals surface area contributed by atoms with Gasteiger partial charge in [0.25, 0.3) is 0 Å². The van der Waals surface area contributed by atoms with Gasteiger partial charge in [-0.15, -0.1) is 0 Å². The molecule has 0 bridgehead atoms. The van der Waals surface area contributed by atoms with Crippen LogP contribution in [0.25, 0.3) is 0 Å². The van der Waals surface area contributed by atoms with Gasteiger partial charge in [0.15, 0.2) is 0 Å². The zero-order valence-corrected chi connectivity index (χ0v) is 13.4. The van der Waals surface area contributed by atoms with Crippen LogP contribution in [0.5, 0.6) is 0 Å². The van der Waals surface area contributed by atoms with Gasteiger partial charge in [0, 0.05) is 6.42 Å². The summed E-state index contributed by atoms with van der Waals surface area (Å²) in [5, 5.41) is 1.61. The Morgan fingerprint density at radius 1 is 1.12 bits per heavy atom. The number of hydrogen-bond acceptors (Lipinski definition) is 1. The highest BCUT2D eigenvalue weighted by molar-refractivity contribution is 6.91. The Balaban J connectivity index is 2.74. The van der Waals surface area contributed by atoms with Crippen LogP contribution in [0, 0.1) is 0 Å². The van der Waals surface area contributed by atoms with E-state index in [1.54, 1.807) is 0 Å². The minimum atomic E-state index is -1.47. The molecule has 0 saturated carbocycles. The predicted octanol–water partition coefficient (Wildman–Crippen LogP) is 4.73. The molecule has 1 aromatic rings. The van der Waals surface area contributed by atoms with Gasteiger partial charge < -0.3 is 4.42 Å². The highest BCUT2D eigenvalue weighted by Gasteiger charge is 2.39. The molecule has 0 aliphatic carbocycles. The molecule has 0 fully saturated rings. The highest BCUT2D eigenvalue weighted by atomic mass is 28.3. The lowest BCUT2D eigenvalue weighted by atomic mass is 10.2. The molecule has 1 rings (SSSR count). The molecule has 0 radical (unpaired) electrons. The first kappa shape index (κ1) is 14.6. The summed E-state index contributed by atoms with van der Waals surface area (Å²) in [7, 11) is -1.47. The third kappa shape index (κ3) is 3.48. The van der Waals surface area contributed by atoms with Crippen molar-refractivity contribution in [2.45, 2.75) is 71.5 Å². The van der Waals surface area contributed by atoms with Crippen LogP contribution in [-0.4, -0.2) is 8.07 Å². The Bertz CT molecular complexity index is 344. The van der Waals surface area contributed by atoms with E-state index in [0.717, 1.165) is 6.42 Å².